The molecule has 0 unspecified atom stereocenters. The topological polar surface area (TPSA) is 71.3 Å². The number of nitriles is 1. The minimum atomic E-state index is -0.467. The summed E-state index contributed by atoms with van der Waals surface area (Å²) in [6.45, 7) is 2.74. The predicted octanol–water partition coefficient (Wildman–Crippen LogP) is 7.57. The highest BCUT2D eigenvalue weighted by Gasteiger charge is 2.15. The van der Waals surface area contributed by atoms with Crippen molar-refractivity contribution in [2.45, 2.75) is 13.5 Å². The molecule has 0 aromatic heterocycles. The van der Waals surface area contributed by atoms with Crippen molar-refractivity contribution in [3.05, 3.63) is 103 Å². The van der Waals surface area contributed by atoms with Crippen LogP contribution in [-0.2, 0) is 11.4 Å². The summed E-state index contributed by atoms with van der Waals surface area (Å²) in [5, 5.41) is 14.8. The second-order valence-electron chi connectivity index (χ2n) is 7.79. The first-order valence-electron chi connectivity index (χ1n) is 11.2. The zero-order chi connectivity index (χ0) is 25.5. The molecule has 0 fully saturated rings. The van der Waals surface area contributed by atoms with Gasteiger partial charge in [-0.3, -0.25) is 4.79 Å². The molecule has 0 atom stereocenters. The summed E-state index contributed by atoms with van der Waals surface area (Å²) in [6.07, 6.45) is 1.56. The van der Waals surface area contributed by atoms with Gasteiger partial charge in [-0.05, 0) is 104 Å². The lowest BCUT2D eigenvalue weighted by Gasteiger charge is -2.16. The maximum atomic E-state index is 12.8. The monoisotopic (exact) mass is 700 g/mol. The summed E-state index contributed by atoms with van der Waals surface area (Å²) in [7, 11) is 0. The molecule has 0 heterocycles. The van der Waals surface area contributed by atoms with Gasteiger partial charge in [0.05, 0.1) is 15.9 Å². The van der Waals surface area contributed by atoms with Crippen LogP contribution >= 0.6 is 45.2 Å². The van der Waals surface area contributed by atoms with Crippen molar-refractivity contribution >= 4 is 73.6 Å². The van der Waals surface area contributed by atoms with Crippen LogP contribution in [0.2, 0.25) is 0 Å². The molecule has 4 rings (SSSR count). The van der Waals surface area contributed by atoms with Crippen molar-refractivity contribution in [3.63, 3.8) is 0 Å². The Kier molecular flexibility index (Phi) is 8.83. The van der Waals surface area contributed by atoms with Gasteiger partial charge < -0.3 is 14.8 Å². The fourth-order valence-electron chi connectivity index (χ4n) is 3.71. The molecule has 0 bridgehead atoms. The Morgan fingerprint density at radius 2 is 1.72 bits per heavy atom. The van der Waals surface area contributed by atoms with Gasteiger partial charge >= 0.3 is 0 Å². The second kappa shape index (κ2) is 12.2. The number of hydrogen-bond donors (Lipinski definition) is 1. The van der Waals surface area contributed by atoms with Gasteiger partial charge in [-0.25, -0.2) is 0 Å². The predicted molar refractivity (Wildman–Crippen MR) is 160 cm³/mol. The van der Waals surface area contributed by atoms with E-state index in [-0.39, 0.29) is 5.57 Å². The van der Waals surface area contributed by atoms with Gasteiger partial charge in [0.15, 0.2) is 11.5 Å². The quantitative estimate of drug-likeness (QED) is 0.117. The van der Waals surface area contributed by atoms with Crippen LogP contribution in [0.25, 0.3) is 16.8 Å². The third-order valence-electron chi connectivity index (χ3n) is 5.38. The van der Waals surface area contributed by atoms with E-state index in [0.717, 1.165) is 23.5 Å². The molecular formula is C29H22I2N2O3. The highest BCUT2D eigenvalue weighted by atomic mass is 127. The maximum Gasteiger partial charge on any atom is 0.266 e. The Bertz CT molecular complexity index is 1490. The Hall–Kier alpha value is -3.10. The van der Waals surface area contributed by atoms with Crippen LogP contribution < -0.4 is 14.8 Å². The number of carbonyl (C=O) groups excluding carboxylic acids is 1. The summed E-state index contributed by atoms with van der Waals surface area (Å²) < 4.78 is 13.8. The van der Waals surface area contributed by atoms with Gasteiger partial charge in [-0.1, -0.05) is 54.6 Å². The van der Waals surface area contributed by atoms with Crippen LogP contribution in [0.3, 0.4) is 0 Å². The Labute approximate surface area is 237 Å². The average Bonchev–Trinajstić information content (AvgIpc) is 2.88. The number of nitrogens with zero attached hydrogens (tertiary/aromatic N) is 1. The van der Waals surface area contributed by atoms with E-state index in [0.29, 0.717) is 36.0 Å². The van der Waals surface area contributed by atoms with E-state index < -0.39 is 5.91 Å². The molecule has 1 N–H and O–H groups in total. The minimum Gasteiger partial charge on any atom is -0.490 e. The number of anilines is 1. The van der Waals surface area contributed by atoms with Crippen LogP contribution in [0.15, 0.2) is 84.4 Å². The van der Waals surface area contributed by atoms with E-state index in [4.69, 9.17) is 9.47 Å². The van der Waals surface area contributed by atoms with E-state index in [1.807, 2.05) is 55.5 Å². The Morgan fingerprint density at radius 3 is 2.50 bits per heavy atom. The number of halogens is 2. The fourth-order valence-corrected chi connectivity index (χ4v) is 5.01. The summed E-state index contributed by atoms with van der Waals surface area (Å²) >= 11 is 4.33. The molecule has 4 aromatic carbocycles. The molecule has 36 heavy (non-hydrogen) atoms. The molecule has 0 radical (unpaired) electrons. The van der Waals surface area contributed by atoms with Crippen LogP contribution in [-0.4, -0.2) is 12.5 Å². The number of fused-ring (bicyclic) bond motifs is 1. The summed E-state index contributed by atoms with van der Waals surface area (Å²) in [6, 6.07) is 27.4. The van der Waals surface area contributed by atoms with E-state index in [2.05, 4.69) is 74.8 Å². The third kappa shape index (κ3) is 6.17. The van der Waals surface area contributed by atoms with Crippen molar-refractivity contribution < 1.29 is 14.3 Å². The fraction of sp³-hybridized carbons (Fsp3) is 0.103. The van der Waals surface area contributed by atoms with Crippen molar-refractivity contribution in [2.24, 2.45) is 0 Å². The summed E-state index contributed by atoms with van der Waals surface area (Å²) in [5.74, 6) is 0.724. The standard InChI is InChI=1S/C29H22I2N2O3/c1-2-35-27-16-19(14-22(17-32)29(34)33-26-13-6-5-12-24(26)30)15-25(31)28(27)36-18-21-10-7-9-20-8-3-4-11-23(20)21/h3-16H,2,18H2,1H3,(H,33,34)/b22-14-. The number of ether oxygens (including phenoxy) is 2. The van der Waals surface area contributed by atoms with Crippen LogP contribution in [0.4, 0.5) is 5.69 Å². The normalized spacial score (nSPS) is 11.1. The Morgan fingerprint density at radius 1 is 0.972 bits per heavy atom. The van der Waals surface area contributed by atoms with Crippen molar-refractivity contribution in [1.82, 2.24) is 0 Å². The lowest BCUT2D eigenvalue weighted by Crippen LogP contribution is -2.14. The molecule has 0 spiro atoms. The SMILES string of the molecule is CCOc1cc(/C=C(/C#N)C(=O)Nc2ccccc2I)cc(I)c1OCc1cccc2ccccc12. The lowest BCUT2D eigenvalue weighted by molar-refractivity contribution is -0.112. The molecule has 180 valence electrons. The minimum absolute atomic E-state index is 0.00248. The second-order valence-corrected chi connectivity index (χ2v) is 10.1. The van der Waals surface area contributed by atoms with Crippen LogP contribution in [0, 0.1) is 18.5 Å². The van der Waals surface area contributed by atoms with Gasteiger partial charge in [0.2, 0.25) is 0 Å². The van der Waals surface area contributed by atoms with Crippen LogP contribution in [0.5, 0.6) is 11.5 Å². The third-order valence-corrected chi connectivity index (χ3v) is 7.12. The highest BCUT2D eigenvalue weighted by molar-refractivity contribution is 14.1. The number of para-hydroxylation sites is 1. The molecule has 0 aliphatic heterocycles. The smallest absolute Gasteiger partial charge is 0.266 e. The van der Waals surface area contributed by atoms with E-state index in [1.54, 1.807) is 18.2 Å². The van der Waals surface area contributed by atoms with Gasteiger partial charge in [0.1, 0.15) is 18.2 Å². The van der Waals surface area contributed by atoms with Gasteiger partial charge in [-0.2, -0.15) is 5.26 Å². The largest absolute Gasteiger partial charge is 0.490 e. The lowest BCUT2D eigenvalue weighted by atomic mass is 10.1. The number of nitrogens with one attached hydrogen (secondary N) is 1. The molecule has 5 nitrogen and oxygen atoms in total. The number of rotatable bonds is 8. The average molecular weight is 700 g/mol. The molecule has 0 saturated heterocycles. The first-order valence-corrected chi connectivity index (χ1v) is 13.4. The van der Waals surface area contributed by atoms with Crippen molar-refractivity contribution in [1.29, 1.82) is 5.26 Å². The molecule has 0 aliphatic rings. The first-order chi connectivity index (χ1) is 17.5. The number of hydrogen-bond acceptors (Lipinski definition) is 4. The zero-order valence-electron chi connectivity index (χ0n) is 19.4. The molecule has 0 aliphatic carbocycles. The molecular weight excluding hydrogens is 678 g/mol. The number of amides is 1. The zero-order valence-corrected chi connectivity index (χ0v) is 23.7. The maximum absolute atomic E-state index is 12.8. The van der Waals surface area contributed by atoms with Crippen molar-refractivity contribution in [2.75, 3.05) is 11.9 Å². The number of benzene rings is 4. The van der Waals surface area contributed by atoms with Crippen LogP contribution in [0.1, 0.15) is 18.1 Å². The molecule has 0 saturated carbocycles. The molecule has 7 heteroatoms. The van der Waals surface area contributed by atoms with E-state index in [9.17, 15) is 10.1 Å². The Balaban J connectivity index is 1.60. The number of carbonyl (C=O) groups is 1. The molecule has 4 aromatic rings. The first kappa shape index (κ1) is 26.0. The summed E-state index contributed by atoms with van der Waals surface area (Å²) in [4.78, 5) is 12.8. The summed E-state index contributed by atoms with van der Waals surface area (Å²) in [5.41, 5.74) is 2.41. The van der Waals surface area contributed by atoms with E-state index >= 15 is 0 Å². The highest BCUT2D eigenvalue weighted by Crippen LogP contribution is 2.36. The molecule has 1 amide bonds. The van der Waals surface area contributed by atoms with Gasteiger partial charge in [0, 0.05) is 3.57 Å². The van der Waals surface area contributed by atoms with Gasteiger partial charge in [0.25, 0.3) is 5.91 Å². The van der Waals surface area contributed by atoms with E-state index in [1.165, 1.54) is 0 Å². The van der Waals surface area contributed by atoms with Crippen molar-refractivity contribution in [3.8, 4) is 17.6 Å². The van der Waals surface area contributed by atoms with Gasteiger partial charge in [-0.15, -0.1) is 0 Å².